The molecule has 1 aromatic heterocycles. The van der Waals surface area contributed by atoms with E-state index in [1.54, 1.807) is 6.20 Å². The summed E-state index contributed by atoms with van der Waals surface area (Å²) in [5, 5.41) is 6.38. The second kappa shape index (κ2) is 5.96. The molecule has 1 aromatic rings. The molecule has 98 valence electrons. The van der Waals surface area contributed by atoms with E-state index in [1.807, 2.05) is 25.1 Å². The third-order valence-corrected chi connectivity index (χ3v) is 3.61. The normalized spacial score (nSPS) is 25.4. The topological polar surface area (TPSA) is 54.0 Å². The molecule has 4 nitrogen and oxygen atoms in total. The maximum absolute atomic E-state index is 12.2. The predicted molar refractivity (Wildman–Crippen MR) is 70.9 cm³/mol. The molecule has 1 aliphatic rings. The van der Waals surface area contributed by atoms with Crippen LogP contribution in [0.2, 0.25) is 0 Å². The second-order valence-corrected chi connectivity index (χ2v) is 5.06. The molecule has 0 spiro atoms. The molecular weight excluding hydrogens is 226 g/mol. The second-order valence-electron chi connectivity index (χ2n) is 5.06. The van der Waals surface area contributed by atoms with E-state index in [0.29, 0.717) is 5.92 Å². The third-order valence-electron chi connectivity index (χ3n) is 3.61. The third kappa shape index (κ3) is 3.07. The smallest absolute Gasteiger partial charge is 0.224 e. The highest BCUT2D eigenvalue weighted by Gasteiger charge is 2.28. The van der Waals surface area contributed by atoms with E-state index >= 15 is 0 Å². The lowest BCUT2D eigenvalue weighted by atomic mass is 9.87. The number of carbonyl (C=O) groups excluding carboxylic acids is 1. The molecule has 1 aliphatic heterocycles. The van der Waals surface area contributed by atoms with Gasteiger partial charge in [-0.2, -0.15) is 0 Å². The lowest BCUT2D eigenvalue weighted by molar-refractivity contribution is -0.127. The summed E-state index contributed by atoms with van der Waals surface area (Å²) in [4.78, 5) is 16.5. The van der Waals surface area contributed by atoms with Crippen molar-refractivity contribution in [1.29, 1.82) is 0 Å². The average molecular weight is 247 g/mol. The Morgan fingerprint density at radius 2 is 2.39 bits per heavy atom. The summed E-state index contributed by atoms with van der Waals surface area (Å²) in [6.07, 6.45) is 2.67. The van der Waals surface area contributed by atoms with Gasteiger partial charge in [0.2, 0.25) is 5.91 Å². The first-order chi connectivity index (χ1) is 8.68. The molecule has 2 rings (SSSR count). The SMILES string of the molecule is CC1CNCCC1C(=O)N[C@H](C)c1ccccn1. The van der Waals surface area contributed by atoms with Crippen molar-refractivity contribution in [3.05, 3.63) is 30.1 Å². The van der Waals surface area contributed by atoms with E-state index in [0.717, 1.165) is 25.2 Å². The van der Waals surface area contributed by atoms with Gasteiger partial charge >= 0.3 is 0 Å². The Bertz CT molecular complexity index is 393. The van der Waals surface area contributed by atoms with Gasteiger partial charge in [0.05, 0.1) is 11.7 Å². The number of aromatic nitrogens is 1. The summed E-state index contributed by atoms with van der Waals surface area (Å²) in [6, 6.07) is 5.74. The number of nitrogens with zero attached hydrogens (tertiary/aromatic N) is 1. The Kier molecular flexibility index (Phi) is 4.31. The van der Waals surface area contributed by atoms with Crippen molar-refractivity contribution in [2.75, 3.05) is 13.1 Å². The predicted octanol–water partition coefficient (Wildman–Crippen LogP) is 1.50. The van der Waals surface area contributed by atoms with Crippen LogP contribution in [0.15, 0.2) is 24.4 Å². The van der Waals surface area contributed by atoms with Crippen molar-refractivity contribution < 1.29 is 4.79 Å². The Balaban J connectivity index is 1.94. The van der Waals surface area contributed by atoms with E-state index in [1.165, 1.54) is 0 Å². The van der Waals surface area contributed by atoms with Gasteiger partial charge < -0.3 is 10.6 Å². The molecule has 2 heterocycles. The van der Waals surface area contributed by atoms with Gasteiger partial charge in [0.15, 0.2) is 0 Å². The summed E-state index contributed by atoms with van der Waals surface area (Å²) in [5.74, 6) is 0.675. The van der Waals surface area contributed by atoms with Crippen molar-refractivity contribution in [1.82, 2.24) is 15.6 Å². The van der Waals surface area contributed by atoms with Crippen LogP contribution in [0.5, 0.6) is 0 Å². The van der Waals surface area contributed by atoms with Crippen molar-refractivity contribution in [2.24, 2.45) is 11.8 Å². The molecule has 3 atom stereocenters. The number of hydrogen-bond acceptors (Lipinski definition) is 3. The molecule has 2 unspecified atom stereocenters. The van der Waals surface area contributed by atoms with E-state index in [-0.39, 0.29) is 17.9 Å². The molecule has 0 bridgehead atoms. The summed E-state index contributed by atoms with van der Waals surface area (Å²) in [5.41, 5.74) is 0.910. The molecule has 2 N–H and O–H groups in total. The molecule has 0 aromatic carbocycles. The maximum atomic E-state index is 12.2. The number of amides is 1. The monoisotopic (exact) mass is 247 g/mol. The largest absolute Gasteiger partial charge is 0.348 e. The van der Waals surface area contributed by atoms with Gasteiger partial charge in [-0.3, -0.25) is 9.78 Å². The quantitative estimate of drug-likeness (QED) is 0.851. The number of carbonyl (C=O) groups is 1. The van der Waals surface area contributed by atoms with Crippen LogP contribution in [0.4, 0.5) is 0 Å². The molecule has 1 fully saturated rings. The number of nitrogens with one attached hydrogen (secondary N) is 2. The molecule has 18 heavy (non-hydrogen) atoms. The van der Waals surface area contributed by atoms with Crippen LogP contribution in [0.1, 0.15) is 32.0 Å². The van der Waals surface area contributed by atoms with Crippen LogP contribution in [0.3, 0.4) is 0 Å². The highest BCUT2D eigenvalue weighted by molar-refractivity contribution is 5.79. The van der Waals surface area contributed by atoms with E-state index < -0.39 is 0 Å². The summed E-state index contributed by atoms with van der Waals surface area (Å²) < 4.78 is 0. The van der Waals surface area contributed by atoms with Crippen LogP contribution < -0.4 is 10.6 Å². The fraction of sp³-hybridized carbons (Fsp3) is 0.571. The van der Waals surface area contributed by atoms with E-state index in [2.05, 4.69) is 22.5 Å². The average Bonchev–Trinajstić information content (AvgIpc) is 2.40. The van der Waals surface area contributed by atoms with Gasteiger partial charge in [-0.15, -0.1) is 0 Å². The number of piperidine rings is 1. The Labute approximate surface area is 108 Å². The van der Waals surface area contributed by atoms with Gasteiger partial charge in [0.1, 0.15) is 0 Å². The lowest BCUT2D eigenvalue weighted by Gasteiger charge is -2.29. The zero-order chi connectivity index (χ0) is 13.0. The minimum atomic E-state index is -0.0271. The minimum absolute atomic E-state index is 0.0271. The van der Waals surface area contributed by atoms with Crippen LogP contribution >= 0.6 is 0 Å². The van der Waals surface area contributed by atoms with Gasteiger partial charge in [-0.1, -0.05) is 13.0 Å². The molecule has 1 saturated heterocycles. The summed E-state index contributed by atoms with van der Waals surface area (Å²) in [6.45, 7) is 5.96. The first-order valence-corrected chi connectivity index (χ1v) is 6.60. The van der Waals surface area contributed by atoms with Gasteiger partial charge in [0, 0.05) is 12.1 Å². The highest BCUT2D eigenvalue weighted by atomic mass is 16.2. The number of rotatable bonds is 3. The van der Waals surface area contributed by atoms with Crippen molar-refractivity contribution in [3.63, 3.8) is 0 Å². The molecule has 0 saturated carbocycles. The van der Waals surface area contributed by atoms with E-state index in [4.69, 9.17) is 0 Å². The zero-order valence-corrected chi connectivity index (χ0v) is 11.0. The van der Waals surface area contributed by atoms with Gasteiger partial charge in [-0.25, -0.2) is 0 Å². The van der Waals surface area contributed by atoms with Gasteiger partial charge in [-0.05, 0) is 44.5 Å². The minimum Gasteiger partial charge on any atom is -0.348 e. The Morgan fingerprint density at radius 1 is 1.56 bits per heavy atom. The van der Waals surface area contributed by atoms with E-state index in [9.17, 15) is 4.79 Å². The molecule has 0 radical (unpaired) electrons. The maximum Gasteiger partial charge on any atom is 0.224 e. The van der Waals surface area contributed by atoms with Crippen LogP contribution in [-0.2, 0) is 4.79 Å². The summed E-state index contributed by atoms with van der Waals surface area (Å²) in [7, 11) is 0. The Hall–Kier alpha value is -1.42. The zero-order valence-electron chi connectivity index (χ0n) is 11.0. The first-order valence-electron chi connectivity index (χ1n) is 6.60. The molecular formula is C14H21N3O. The van der Waals surface area contributed by atoms with Gasteiger partial charge in [0.25, 0.3) is 0 Å². The van der Waals surface area contributed by atoms with Crippen LogP contribution in [0, 0.1) is 11.8 Å². The van der Waals surface area contributed by atoms with Crippen molar-refractivity contribution in [3.8, 4) is 0 Å². The number of hydrogen-bond donors (Lipinski definition) is 2. The molecule has 1 amide bonds. The lowest BCUT2D eigenvalue weighted by Crippen LogP contribution is -2.44. The number of pyridine rings is 1. The fourth-order valence-electron chi connectivity index (χ4n) is 2.43. The summed E-state index contributed by atoms with van der Waals surface area (Å²) >= 11 is 0. The Morgan fingerprint density at radius 3 is 3.06 bits per heavy atom. The molecule has 0 aliphatic carbocycles. The van der Waals surface area contributed by atoms with Crippen molar-refractivity contribution in [2.45, 2.75) is 26.3 Å². The first kappa shape index (κ1) is 13.0. The fourth-order valence-corrected chi connectivity index (χ4v) is 2.43. The highest BCUT2D eigenvalue weighted by Crippen LogP contribution is 2.20. The van der Waals surface area contributed by atoms with Crippen LogP contribution in [0.25, 0.3) is 0 Å². The molecule has 4 heteroatoms. The van der Waals surface area contributed by atoms with Crippen molar-refractivity contribution >= 4 is 5.91 Å². The van der Waals surface area contributed by atoms with Crippen LogP contribution in [-0.4, -0.2) is 24.0 Å². The standard InChI is InChI=1S/C14H21N3O/c1-10-9-15-8-6-12(10)14(18)17-11(2)13-5-3-4-7-16-13/h3-5,7,10-12,15H,6,8-9H2,1-2H3,(H,17,18)/t10?,11-,12?/m1/s1.